The maximum Gasteiger partial charge on any atom is 0.175 e. The number of hydrogen-bond acceptors (Lipinski definition) is 5. The predicted molar refractivity (Wildman–Crippen MR) is 82.7 cm³/mol. The van der Waals surface area contributed by atoms with Gasteiger partial charge in [0, 0.05) is 6.07 Å². The molecule has 0 aromatic heterocycles. The van der Waals surface area contributed by atoms with E-state index in [2.05, 4.69) is 23.6 Å². The fourth-order valence-electron chi connectivity index (χ4n) is 2.11. The van der Waals surface area contributed by atoms with Crippen molar-refractivity contribution in [2.45, 2.75) is 26.3 Å². The number of ether oxygens (including phenoxy) is 3. The SMILES string of the molecule is CCN(C)C1COCC(N(C)CC)Oc2cccc(c2)O1. The molecule has 0 radical (unpaired) electrons. The van der Waals surface area contributed by atoms with Gasteiger partial charge in [0.2, 0.25) is 0 Å². The Labute approximate surface area is 127 Å². The molecule has 0 saturated carbocycles. The Balaban J connectivity index is 2.20. The second-order valence-electron chi connectivity index (χ2n) is 5.30. The molecule has 1 aromatic rings. The molecule has 2 bridgehead atoms. The number of fused-ring (bicyclic) bond motifs is 2. The lowest BCUT2D eigenvalue weighted by molar-refractivity contribution is -0.0769. The summed E-state index contributed by atoms with van der Waals surface area (Å²) in [5, 5.41) is 0. The van der Waals surface area contributed by atoms with Gasteiger partial charge in [0.15, 0.2) is 12.5 Å². The first kappa shape index (κ1) is 16.1. The average Bonchev–Trinajstić information content (AvgIpc) is 2.51. The van der Waals surface area contributed by atoms with E-state index >= 15 is 0 Å². The van der Waals surface area contributed by atoms with E-state index in [0.717, 1.165) is 24.6 Å². The molecule has 2 unspecified atom stereocenters. The van der Waals surface area contributed by atoms with Crippen LogP contribution in [-0.2, 0) is 4.74 Å². The van der Waals surface area contributed by atoms with Crippen LogP contribution in [0.2, 0.25) is 0 Å². The highest BCUT2D eigenvalue weighted by atomic mass is 16.6. The Kier molecular flexibility index (Phi) is 5.85. The zero-order valence-corrected chi connectivity index (χ0v) is 13.4. The van der Waals surface area contributed by atoms with E-state index < -0.39 is 0 Å². The van der Waals surface area contributed by atoms with Gasteiger partial charge in [0.05, 0.1) is 13.2 Å². The van der Waals surface area contributed by atoms with Gasteiger partial charge < -0.3 is 14.2 Å². The van der Waals surface area contributed by atoms with Gasteiger partial charge in [-0.2, -0.15) is 0 Å². The van der Waals surface area contributed by atoms with Crippen molar-refractivity contribution in [2.24, 2.45) is 0 Å². The van der Waals surface area contributed by atoms with Gasteiger partial charge in [-0.3, -0.25) is 9.80 Å². The molecule has 2 atom stereocenters. The zero-order valence-electron chi connectivity index (χ0n) is 13.4. The summed E-state index contributed by atoms with van der Waals surface area (Å²) in [6, 6.07) is 7.80. The molecule has 1 aromatic carbocycles. The van der Waals surface area contributed by atoms with E-state index in [4.69, 9.17) is 14.2 Å². The summed E-state index contributed by atoms with van der Waals surface area (Å²) in [7, 11) is 4.07. The Morgan fingerprint density at radius 2 is 1.43 bits per heavy atom. The first-order valence-electron chi connectivity index (χ1n) is 7.55. The fourth-order valence-corrected chi connectivity index (χ4v) is 2.11. The maximum atomic E-state index is 6.01. The van der Waals surface area contributed by atoms with E-state index in [9.17, 15) is 0 Å². The molecule has 0 saturated heterocycles. The van der Waals surface area contributed by atoms with Gasteiger partial charge in [-0.05, 0) is 39.3 Å². The van der Waals surface area contributed by atoms with Gasteiger partial charge in [0.1, 0.15) is 11.5 Å². The second kappa shape index (κ2) is 7.64. The van der Waals surface area contributed by atoms with Gasteiger partial charge in [-0.15, -0.1) is 0 Å². The summed E-state index contributed by atoms with van der Waals surface area (Å²) in [6.07, 6.45) is -0.174. The second-order valence-corrected chi connectivity index (χ2v) is 5.30. The molecule has 0 amide bonds. The van der Waals surface area contributed by atoms with Crippen LogP contribution >= 0.6 is 0 Å². The van der Waals surface area contributed by atoms with E-state index in [1.807, 2.05) is 38.4 Å². The Bertz CT molecular complexity index is 406. The molecular formula is C16H26N2O3. The summed E-state index contributed by atoms with van der Waals surface area (Å²) >= 11 is 0. The summed E-state index contributed by atoms with van der Waals surface area (Å²) in [5.74, 6) is 1.61. The average molecular weight is 294 g/mol. The largest absolute Gasteiger partial charge is 0.473 e. The standard InChI is InChI=1S/C16H26N2O3/c1-5-17(3)15-11-19-12-16(18(4)6-2)21-14-9-7-8-13(10-14)20-15/h7-10,15-16H,5-6,11-12H2,1-4H3. The Morgan fingerprint density at radius 1 is 0.952 bits per heavy atom. The van der Waals surface area contributed by atoms with Crippen molar-refractivity contribution in [3.63, 3.8) is 0 Å². The minimum absolute atomic E-state index is 0.0871. The molecule has 1 heterocycles. The molecule has 2 rings (SSSR count). The lowest BCUT2D eigenvalue weighted by Gasteiger charge is -2.32. The molecule has 5 nitrogen and oxygen atoms in total. The van der Waals surface area contributed by atoms with Crippen LogP contribution in [0.1, 0.15) is 13.8 Å². The van der Waals surface area contributed by atoms with Crippen LogP contribution in [0.4, 0.5) is 0 Å². The predicted octanol–water partition coefficient (Wildman–Crippen LogP) is 2.03. The first-order chi connectivity index (χ1) is 10.1. The van der Waals surface area contributed by atoms with Crippen molar-refractivity contribution in [1.82, 2.24) is 9.80 Å². The number of rotatable bonds is 4. The van der Waals surface area contributed by atoms with E-state index in [0.29, 0.717) is 13.2 Å². The number of benzene rings is 1. The molecule has 0 spiro atoms. The smallest absolute Gasteiger partial charge is 0.175 e. The number of nitrogens with zero attached hydrogens (tertiary/aromatic N) is 2. The van der Waals surface area contributed by atoms with Crippen molar-refractivity contribution in [2.75, 3.05) is 40.4 Å². The highest BCUT2D eigenvalue weighted by molar-refractivity contribution is 5.33. The normalized spacial score (nSPS) is 22.8. The van der Waals surface area contributed by atoms with Gasteiger partial charge in [0.25, 0.3) is 0 Å². The Morgan fingerprint density at radius 3 is 1.86 bits per heavy atom. The van der Waals surface area contributed by atoms with E-state index in [1.54, 1.807) is 0 Å². The maximum absolute atomic E-state index is 6.01. The van der Waals surface area contributed by atoms with Crippen molar-refractivity contribution >= 4 is 0 Å². The highest BCUT2D eigenvalue weighted by Crippen LogP contribution is 2.23. The number of likely N-dealkylation sites (N-methyl/N-ethyl adjacent to an activating group) is 2. The molecule has 5 heteroatoms. The van der Waals surface area contributed by atoms with Crippen LogP contribution in [0.15, 0.2) is 24.3 Å². The third-order valence-corrected chi connectivity index (χ3v) is 3.85. The fraction of sp³-hybridized carbons (Fsp3) is 0.625. The van der Waals surface area contributed by atoms with Gasteiger partial charge in [-0.25, -0.2) is 0 Å². The van der Waals surface area contributed by atoms with Gasteiger partial charge >= 0.3 is 0 Å². The van der Waals surface area contributed by atoms with Crippen molar-refractivity contribution in [3.05, 3.63) is 24.3 Å². The van der Waals surface area contributed by atoms with Gasteiger partial charge in [-0.1, -0.05) is 19.9 Å². The molecule has 1 aliphatic heterocycles. The quantitative estimate of drug-likeness (QED) is 0.849. The van der Waals surface area contributed by atoms with Crippen LogP contribution in [0.25, 0.3) is 0 Å². The molecule has 118 valence electrons. The highest BCUT2D eigenvalue weighted by Gasteiger charge is 2.21. The summed E-state index contributed by atoms with van der Waals surface area (Å²) in [5.41, 5.74) is 0. The third kappa shape index (κ3) is 4.33. The van der Waals surface area contributed by atoms with Crippen LogP contribution in [-0.4, -0.2) is 62.7 Å². The van der Waals surface area contributed by atoms with Crippen molar-refractivity contribution in [3.8, 4) is 11.5 Å². The summed E-state index contributed by atoms with van der Waals surface area (Å²) < 4.78 is 17.9. The first-order valence-corrected chi connectivity index (χ1v) is 7.55. The van der Waals surface area contributed by atoms with Crippen LogP contribution in [0.5, 0.6) is 11.5 Å². The van der Waals surface area contributed by atoms with Crippen molar-refractivity contribution in [1.29, 1.82) is 0 Å². The topological polar surface area (TPSA) is 34.2 Å². The minimum Gasteiger partial charge on any atom is -0.473 e. The van der Waals surface area contributed by atoms with E-state index in [-0.39, 0.29) is 12.5 Å². The summed E-state index contributed by atoms with van der Waals surface area (Å²) in [6.45, 7) is 7.06. The lowest BCUT2D eigenvalue weighted by atomic mass is 10.3. The van der Waals surface area contributed by atoms with Crippen molar-refractivity contribution < 1.29 is 14.2 Å². The number of hydrogen-bond donors (Lipinski definition) is 0. The minimum atomic E-state index is -0.0871. The molecule has 0 aliphatic carbocycles. The molecule has 0 fully saturated rings. The van der Waals surface area contributed by atoms with Crippen LogP contribution < -0.4 is 9.47 Å². The molecule has 21 heavy (non-hydrogen) atoms. The Hall–Kier alpha value is -1.30. The summed E-state index contributed by atoms with van der Waals surface area (Å²) in [4.78, 5) is 4.27. The van der Waals surface area contributed by atoms with Crippen LogP contribution in [0.3, 0.4) is 0 Å². The third-order valence-electron chi connectivity index (χ3n) is 3.85. The van der Waals surface area contributed by atoms with E-state index in [1.165, 1.54) is 0 Å². The molecular weight excluding hydrogens is 268 g/mol. The molecule has 0 N–H and O–H groups in total. The lowest BCUT2D eigenvalue weighted by Crippen LogP contribution is -2.44. The zero-order chi connectivity index (χ0) is 15.2. The molecule has 1 aliphatic rings. The van der Waals surface area contributed by atoms with Crippen LogP contribution in [0, 0.1) is 0 Å². The monoisotopic (exact) mass is 294 g/mol.